The first-order valence-electron chi connectivity index (χ1n) is 9.93. The molecule has 0 spiro atoms. The predicted octanol–water partition coefficient (Wildman–Crippen LogP) is 5.06. The molecule has 1 amide bonds. The molecule has 156 valence electrons. The fourth-order valence-corrected chi connectivity index (χ4v) is 3.04. The van der Waals surface area contributed by atoms with Crippen LogP contribution < -0.4 is 14.8 Å². The molecule has 0 aromatic heterocycles. The third-order valence-corrected chi connectivity index (χ3v) is 4.75. The molecular weight excluding hydrogens is 388 g/mol. The minimum Gasteiger partial charge on any atom is -0.493 e. The van der Waals surface area contributed by atoms with Crippen LogP contribution in [0.3, 0.4) is 0 Å². The number of nitriles is 1. The smallest absolute Gasteiger partial charge is 0.262 e. The molecule has 3 rings (SSSR count). The average molecular weight is 412 g/mol. The van der Waals surface area contributed by atoms with Crippen LogP contribution in [-0.2, 0) is 11.4 Å². The molecule has 0 heterocycles. The van der Waals surface area contributed by atoms with E-state index in [0.29, 0.717) is 23.7 Å². The fraction of sp³-hybridized carbons (Fsp3) is 0.154. The van der Waals surface area contributed by atoms with Gasteiger partial charge in [0.2, 0.25) is 0 Å². The number of ether oxygens (including phenoxy) is 2. The van der Waals surface area contributed by atoms with Gasteiger partial charge in [0.05, 0.1) is 13.2 Å². The Morgan fingerprint density at radius 1 is 1.03 bits per heavy atom. The van der Waals surface area contributed by atoms with E-state index < -0.39 is 5.91 Å². The zero-order valence-electron chi connectivity index (χ0n) is 17.5. The molecule has 1 atom stereocenters. The lowest BCUT2D eigenvalue weighted by Gasteiger charge is -2.14. The summed E-state index contributed by atoms with van der Waals surface area (Å²) in [5.74, 6) is 0.686. The summed E-state index contributed by atoms with van der Waals surface area (Å²) in [6, 6.07) is 26.5. The monoisotopic (exact) mass is 412 g/mol. The average Bonchev–Trinajstić information content (AvgIpc) is 2.82. The van der Waals surface area contributed by atoms with Gasteiger partial charge in [0.25, 0.3) is 5.91 Å². The maximum atomic E-state index is 12.6. The molecule has 5 nitrogen and oxygen atoms in total. The van der Waals surface area contributed by atoms with E-state index in [1.54, 1.807) is 25.3 Å². The van der Waals surface area contributed by atoms with Gasteiger partial charge < -0.3 is 14.8 Å². The number of methoxy groups -OCH3 is 1. The number of carbonyl (C=O) groups excluding carboxylic acids is 1. The normalized spacial score (nSPS) is 11.8. The number of amides is 1. The summed E-state index contributed by atoms with van der Waals surface area (Å²) in [6.07, 6.45) is 1.54. The third-order valence-electron chi connectivity index (χ3n) is 4.75. The summed E-state index contributed by atoms with van der Waals surface area (Å²) in [6.45, 7) is 2.29. The summed E-state index contributed by atoms with van der Waals surface area (Å²) in [4.78, 5) is 12.6. The number of carbonyl (C=O) groups is 1. The minimum absolute atomic E-state index is 0.0165. The van der Waals surface area contributed by atoms with E-state index >= 15 is 0 Å². The Morgan fingerprint density at radius 3 is 2.35 bits per heavy atom. The minimum atomic E-state index is -0.428. The second-order valence-electron chi connectivity index (χ2n) is 6.96. The molecule has 0 saturated heterocycles. The van der Waals surface area contributed by atoms with Gasteiger partial charge in [-0.15, -0.1) is 0 Å². The molecular formula is C26H24N2O3. The second-order valence-corrected chi connectivity index (χ2v) is 6.96. The molecule has 31 heavy (non-hydrogen) atoms. The second kappa shape index (κ2) is 10.7. The number of nitrogens with zero attached hydrogens (tertiary/aromatic N) is 1. The summed E-state index contributed by atoms with van der Waals surface area (Å²) in [7, 11) is 1.55. The Bertz CT molecular complexity index is 1090. The van der Waals surface area contributed by atoms with Gasteiger partial charge >= 0.3 is 0 Å². The number of benzene rings is 3. The maximum absolute atomic E-state index is 12.6. The van der Waals surface area contributed by atoms with Crippen molar-refractivity contribution in [3.8, 4) is 17.6 Å². The number of hydrogen-bond acceptors (Lipinski definition) is 4. The van der Waals surface area contributed by atoms with Crippen molar-refractivity contribution < 1.29 is 14.3 Å². The predicted molar refractivity (Wildman–Crippen MR) is 120 cm³/mol. The Labute approximate surface area is 182 Å². The van der Waals surface area contributed by atoms with Gasteiger partial charge in [-0.05, 0) is 41.8 Å². The maximum Gasteiger partial charge on any atom is 0.262 e. The van der Waals surface area contributed by atoms with Crippen molar-refractivity contribution in [2.24, 2.45) is 0 Å². The number of rotatable bonds is 8. The zero-order valence-corrected chi connectivity index (χ0v) is 17.5. The van der Waals surface area contributed by atoms with Gasteiger partial charge in [-0.1, -0.05) is 66.7 Å². The van der Waals surface area contributed by atoms with Crippen LogP contribution in [0.25, 0.3) is 6.08 Å². The lowest BCUT2D eigenvalue weighted by Crippen LogP contribution is -2.27. The standard InChI is InChI=1S/C26H24N2O3/c1-19(22-11-7-4-8-12-22)28-26(29)23(17-27)15-21-13-14-24(25(16-21)30-2)31-18-20-9-5-3-6-10-20/h3-16,19H,18H2,1-2H3,(H,28,29)/b23-15-/t19-/m1/s1. The van der Waals surface area contributed by atoms with Crippen molar-refractivity contribution in [1.29, 1.82) is 5.26 Å². The van der Waals surface area contributed by atoms with E-state index in [9.17, 15) is 10.1 Å². The van der Waals surface area contributed by atoms with E-state index in [4.69, 9.17) is 9.47 Å². The molecule has 1 N–H and O–H groups in total. The van der Waals surface area contributed by atoms with Crippen LogP contribution in [0.15, 0.2) is 84.4 Å². The number of nitrogens with one attached hydrogen (secondary N) is 1. The first kappa shape index (κ1) is 21.7. The van der Waals surface area contributed by atoms with Crippen molar-refractivity contribution in [3.05, 3.63) is 101 Å². The third kappa shape index (κ3) is 5.97. The summed E-state index contributed by atoms with van der Waals surface area (Å²) in [5.41, 5.74) is 2.70. The van der Waals surface area contributed by atoms with Crippen LogP contribution in [0, 0.1) is 11.3 Å². The first-order chi connectivity index (χ1) is 15.1. The molecule has 0 radical (unpaired) electrons. The van der Waals surface area contributed by atoms with Crippen molar-refractivity contribution >= 4 is 12.0 Å². The molecule has 0 aliphatic heterocycles. The molecule has 0 aliphatic carbocycles. The van der Waals surface area contributed by atoms with Crippen LogP contribution >= 0.6 is 0 Å². The lowest BCUT2D eigenvalue weighted by molar-refractivity contribution is -0.117. The molecule has 3 aromatic carbocycles. The van der Waals surface area contributed by atoms with E-state index in [1.165, 1.54) is 6.08 Å². The van der Waals surface area contributed by atoms with Gasteiger partial charge in [0.15, 0.2) is 11.5 Å². The quantitative estimate of drug-likeness (QED) is 0.415. The van der Waals surface area contributed by atoms with Gasteiger partial charge in [-0.25, -0.2) is 0 Å². The van der Waals surface area contributed by atoms with Crippen LogP contribution in [0.1, 0.15) is 29.7 Å². The highest BCUT2D eigenvalue weighted by molar-refractivity contribution is 6.01. The summed E-state index contributed by atoms with van der Waals surface area (Å²) >= 11 is 0. The fourth-order valence-electron chi connectivity index (χ4n) is 3.04. The lowest BCUT2D eigenvalue weighted by atomic mass is 10.1. The molecule has 5 heteroatoms. The van der Waals surface area contributed by atoms with E-state index in [2.05, 4.69) is 5.32 Å². The van der Waals surface area contributed by atoms with Crippen LogP contribution in [0.2, 0.25) is 0 Å². The van der Waals surface area contributed by atoms with Gasteiger partial charge in [-0.3, -0.25) is 4.79 Å². The highest BCUT2D eigenvalue weighted by Gasteiger charge is 2.14. The van der Waals surface area contributed by atoms with Crippen LogP contribution in [0.4, 0.5) is 0 Å². The van der Waals surface area contributed by atoms with Crippen molar-refractivity contribution in [3.63, 3.8) is 0 Å². The SMILES string of the molecule is COc1cc(/C=C(/C#N)C(=O)N[C@H](C)c2ccccc2)ccc1OCc1ccccc1. The Morgan fingerprint density at radius 2 is 1.71 bits per heavy atom. The highest BCUT2D eigenvalue weighted by atomic mass is 16.5. The van der Waals surface area contributed by atoms with Gasteiger partial charge in [0, 0.05) is 0 Å². The molecule has 0 bridgehead atoms. The molecule has 0 saturated carbocycles. The molecule has 0 aliphatic rings. The van der Waals surface area contributed by atoms with Gasteiger partial charge in [-0.2, -0.15) is 5.26 Å². The van der Waals surface area contributed by atoms with E-state index in [1.807, 2.05) is 73.7 Å². The summed E-state index contributed by atoms with van der Waals surface area (Å²) < 4.78 is 11.3. The topological polar surface area (TPSA) is 71.3 Å². The van der Waals surface area contributed by atoms with Crippen molar-refractivity contribution in [2.45, 2.75) is 19.6 Å². The molecule has 3 aromatic rings. The Hall–Kier alpha value is -4.04. The van der Waals surface area contributed by atoms with E-state index in [-0.39, 0.29) is 11.6 Å². The first-order valence-corrected chi connectivity index (χ1v) is 9.93. The Kier molecular flexibility index (Phi) is 7.45. The van der Waals surface area contributed by atoms with Crippen LogP contribution in [-0.4, -0.2) is 13.0 Å². The Balaban J connectivity index is 1.72. The van der Waals surface area contributed by atoms with Gasteiger partial charge in [0.1, 0.15) is 18.2 Å². The zero-order chi connectivity index (χ0) is 22.1. The van der Waals surface area contributed by atoms with Crippen LogP contribution in [0.5, 0.6) is 11.5 Å². The van der Waals surface area contributed by atoms with E-state index in [0.717, 1.165) is 11.1 Å². The van der Waals surface area contributed by atoms with Crippen molar-refractivity contribution in [1.82, 2.24) is 5.32 Å². The molecule has 0 fully saturated rings. The summed E-state index contributed by atoms with van der Waals surface area (Å²) in [5, 5.41) is 12.4. The highest BCUT2D eigenvalue weighted by Crippen LogP contribution is 2.29. The molecule has 0 unspecified atom stereocenters. The largest absolute Gasteiger partial charge is 0.493 e. The number of hydrogen-bond donors (Lipinski definition) is 1. The van der Waals surface area contributed by atoms with Crippen molar-refractivity contribution in [2.75, 3.05) is 7.11 Å².